The van der Waals surface area contributed by atoms with Gasteiger partial charge < -0.3 is 20.1 Å². The highest BCUT2D eigenvalue weighted by molar-refractivity contribution is 5.61. The lowest BCUT2D eigenvalue weighted by Crippen LogP contribution is -2.44. The zero-order valence-electron chi connectivity index (χ0n) is 11.3. The van der Waals surface area contributed by atoms with Gasteiger partial charge in [-0.25, -0.2) is 0 Å². The number of hydrogen-bond donors (Lipinski definition) is 1. The van der Waals surface area contributed by atoms with E-state index >= 15 is 0 Å². The number of hydrogen-bond acceptors (Lipinski definition) is 4. The van der Waals surface area contributed by atoms with Crippen LogP contribution >= 0.6 is 0 Å². The van der Waals surface area contributed by atoms with Gasteiger partial charge in [-0.15, -0.1) is 0 Å². The summed E-state index contributed by atoms with van der Waals surface area (Å²) in [7, 11) is 1.69. The molecular formula is C14H22N2O2. The Hall–Kier alpha value is -1.26. The molecule has 18 heavy (non-hydrogen) atoms. The van der Waals surface area contributed by atoms with Gasteiger partial charge in [0.15, 0.2) is 0 Å². The summed E-state index contributed by atoms with van der Waals surface area (Å²) < 4.78 is 10.9. The van der Waals surface area contributed by atoms with Crippen LogP contribution in [0.3, 0.4) is 0 Å². The Balaban J connectivity index is 2.42. The molecule has 0 aliphatic carbocycles. The van der Waals surface area contributed by atoms with Gasteiger partial charge in [0.1, 0.15) is 5.75 Å². The zero-order chi connectivity index (χ0) is 13.1. The molecule has 1 aromatic rings. The molecule has 2 rings (SSSR count). The van der Waals surface area contributed by atoms with Gasteiger partial charge in [-0.2, -0.15) is 0 Å². The number of nitrogens with zero attached hydrogens (tertiary/aromatic N) is 1. The molecule has 4 heteroatoms. The van der Waals surface area contributed by atoms with Crippen molar-refractivity contribution in [2.45, 2.75) is 25.9 Å². The Morgan fingerprint density at radius 3 is 2.89 bits per heavy atom. The van der Waals surface area contributed by atoms with Gasteiger partial charge in [-0.3, -0.25) is 0 Å². The van der Waals surface area contributed by atoms with Gasteiger partial charge in [0.2, 0.25) is 0 Å². The molecule has 2 unspecified atom stereocenters. The number of anilines is 1. The fraction of sp³-hybridized carbons (Fsp3) is 0.571. The van der Waals surface area contributed by atoms with Crippen LogP contribution in [0.5, 0.6) is 5.75 Å². The van der Waals surface area contributed by atoms with Crippen LogP contribution in [-0.2, 0) is 4.74 Å². The van der Waals surface area contributed by atoms with Crippen molar-refractivity contribution < 1.29 is 9.47 Å². The van der Waals surface area contributed by atoms with Crippen molar-refractivity contribution in [3.8, 4) is 5.75 Å². The maximum absolute atomic E-state index is 6.11. The lowest BCUT2D eigenvalue weighted by Gasteiger charge is -2.37. The number of methoxy groups -OCH3 is 1. The van der Waals surface area contributed by atoms with Crippen molar-refractivity contribution >= 4 is 5.69 Å². The van der Waals surface area contributed by atoms with E-state index in [9.17, 15) is 0 Å². The summed E-state index contributed by atoms with van der Waals surface area (Å²) in [6.45, 7) is 6.58. The lowest BCUT2D eigenvalue weighted by molar-refractivity contribution is 0.0988. The van der Waals surface area contributed by atoms with Crippen molar-refractivity contribution in [3.05, 3.63) is 23.8 Å². The van der Waals surface area contributed by atoms with Gasteiger partial charge in [0, 0.05) is 29.9 Å². The van der Waals surface area contributed by atoms with Crippen LogP contribution in [-0.4, -0.2) is 32.9 Å². The third-order valence-electron chi connectivity index (χ3n) is 3.40. The van der Waals surface area contributed by atoms with E-state index in [0.717, 1.165) is 31.1 Å². The monoisotopic (exact) mass is 250 g/mol. The first-order chi connectivity index (χ1) is 8.65. The largest absolute Gasteiger partial charge is 0.496 e. The van der Waals surface area contributed by atoms with E-state index in [-0.39, 0.29) is 6.04 Å². The minimum Gasteiger partial charge on any atom is -0.496 e. The Morgan fingerprint density at radius 1 is 1.50 bits per heavy atom. The Morgan fingerprint density at radius 2 is 2.28 bits per heavy atom. The van der Waals surface area contributed by atoms with E-state index in [1.807, 2.05) is 19.1 Å². The van der Waals surface area contributed by atoms with Crippen molar-refractivity contribution in [2.24, 2.45) is 5.73 Å². The molecule has 1 aromatic carbocycles. The normalized spacial score (nSPS) is 21.8. The van der Waals surface area contributed by atoms with Crippen molar-refractivity contribution in [1.29, 1.82) is 0 Å². The Bertz CT molecular complexity index is 407. The second kappa shape index (κ2) is 5.59. The summed E-state index contributed by atoms with van der Waals surface area (Å²) in [4.78, 5) is 2.35. The number of rotatable bonds is 3. The molecule has 0 amide bonds. The van der Waals surface area contributed by atoms with Gasteiger partial charge in [0.05, 0.1) is 20.3 Å². The number of nitrogens with two attached hydrogens (primary N) is 1. The first-order valence-electron chi connectivity index (χ1n) is 6.42. The van der Waals surface area contributed by atoms with Crippen LogP contribution in [0.2, 0.25) is 0 Å². The standard InChI is InChI=1S/C14H22N2O2/c1-10-9-18-8-7-16(10)12-5-4-6-13(17-3)14(12)11(2)15/h4-6,10-11H,7-9,15H2,1-3H3. The minimum atomic E-state index is -0.0498. The average Bonchev–Trinajstić information content (AvgIpc) is 2.38. The first kappa shape index (κ1) is 13.2. The third kappa shape index (κ3) is 2.44. The maximum Gasteiger partial charge on any atom is 0.125 e. The fourth-order valence-electron chi connectivity index (χ4n) is 2.50. The van der Waals surface area contributed by atoms with Crippen LogP contribution in [0.4, 0.5) is 5.69 Å². The van der Waals surface area contributed by atoms with E-state index in [2.05, 4.69) is 17.9 Å². The summed E-state index contributed by atoms with van der Waals surface area (Å²) in [6.07, 6.45) is 0. The van der Waals surface area contributed by atoms with Gasteiger partial charge in [-0.05, 0) is 26.0 Å². The van der Waals surface area contributed by atoms with E-state index in [4.69, 9.17) is 15.2 Å². The van der Waals surface area contributed by atoms with Crippen LogP contribution in [0, 0.1) is 0 Å². The zero-order valence-corrected chi connectivity index (χ0v) is 11.3. The van der Waals surface area contributed by atoms with Crippen molar-refractivity contribution in [1.82, 2.24) is 0 Å². The molecular weight excluding hydrogens is 228 g/mol. The predicted molar refractivity (Wildman–Crippen MR) is 73.2 cm³/mol. The van der Waals surface area contributed by atoms with E-state index in [0.29, 0.717) is 6.04 Å². The predicted octanol–water partition coefficient (Wildman–Crippen LogP) is 1.94. The molecule has 1 aliphatic heterocycles. The summed E-state index contributed by atoms with van der Waals surface area (Å²) in [5, 5.41) is 0. The first-order valence-corrected chi connectivity index (χ1v) is 6.42. The molecule has 0 spiro atoms. The quantitative estimate of drug-likeness (QED) is 0.890. The Kier molecular flexibility index (Phi) is 4.09. The smallest absolute Gasteiger partial charge is 0.125 e. The van der Waals surface area contributed by atoms with Gasteiger partial charge in [0.25, 0.3) is 0 Å². The fourth-order valence-corrected chi connectivity index (χ4v) is 2.50. The van der Waals surface area contributed by atoms with Crippen LogP contribution in [0.1, 0.15) is 25.5 Å². The minimum absolute atomic E-state index is 0.0498. The molecule has 2 N–H and O–H groups in total. The highest BCUT2D eigenvalue weighted by Gasteiger charge is 2.24. The maximum atomic E-state index is 6.11. The van der Waals surface area contributed by atoms with Crippen LogP contribution in [0.15, 0.2) is 18.2 Å². The highest BCUT2D eigenvalue weighted by Crippen LogP contribution is 2.35. The summed E-state index contributed by atoms with van der Waals surface area (Å²) in [5.74, 6) is 0.862. The molecule has 1 aliphatic rings. The number of benzene rings is 1. The molecule has 2 atom stereocenters. The van der Waals surface area contributed by atoms with Crippen molar-refractivity contribution in [3.63, 3.8) is 0 Å². The van der Waals surface area contributed by atoms with Gasteiger partial charge in [-0.1, -0.05) is 6.07 Å². The summed E-state index contributed by atoms with van der Waals surface area (Å²) >= 11 is 0. The number of morpholine rings is 1. The third-order valence-corrected chi connectivity index (χ3v) is 3.40. The molecule has 4 nitrogen and oxygen atoms in total. The average molecular weight is 250 g/mol. The molecule has 0 bridgehead atoms. The van der Waals surface area contributed by atoms with E-state index < -0.39 is 0 Å². The number of ether oxygens (including phenoxy) is 2. The van der Waals surface area contributed by atoms with Crippen LogP contribution < -0.4 is 15.4 Å². The SMILES string of the molecule is COc1cccc(N2CCOCC2C)c1C(C)N. The van der Waals surface area contributed by atoms with E-state index in [1.54, 1.807) is 7.11 Å². The highest BCUT2D eigenvalue weighted by atomic mass is 16.5. The molecule has 100 valence electrons. The second-order valence-electron chi connectivity index (χ2n) is 4.80. The molecule has 0 saturated carbocycles. The topological polar surface area (TPSA) is 47.7 Å². The molecule has 0 aromatic heterocycles. The van der Waals surface area contributed by atoms with E-state index in [1.165, 1.54) is 5.69 Å². The Labute approximate surface area is 109 Å². The lowest BCUT2D eigenvalue weighted by atomic mass is 10.0. The van der Waals surface area contributed by atoms with Gasteiger partial charge >= 0.3 is 0 Å². The second-order valence-corrected chi connectivity index (χ2v) is 4.80. The summed E-state index contributed by atoms with van der Waals surface area (Å²) in [5.41, 5.74) is 8.35. The molecule has 0 radical (unpaired) electrons. The molecule has 1 fully saturated rings. The molecule has 1 saturated heterocycles. The van der Waals surface area contributed by atoms with Crippen LogP contribution in [0.25, 0.3) is 0 Å². The molecule has 1 heterocycles. The van der Waals surface area contributed by atoms with Crippen molar-refractivity contribution in [2.75, 3.05) is 31.8 Å². The summed E-state index contributed by atoms with van der Waals surface area (Å²) in [6, 6.07) is 6.41.